The standard InChI is InChI=1S/C7H10N2.H2/c1-5(2)7-4-8-6(3)9-7;/h4H,1H2,2-3H3,(H,8,9);1H. The van der Waals surface area contributed by atoms with E-state index in [0.717, 1.165) is 17.1 Å². The SMILES string of the molecule is C=C(C)c1cnc(C)[nH]1.[HH]. The minimum absolute atomic E-state index is 0. The second-order valence-corrected chi connectivity index (χ2v) is 2.16. The molecule has 50 valence electrons. The van der Waals surface area contributed by atoms with Crippen LogP contribution in [0.15, 0.2) is 12.8 Å². The second kappa shape index (κ2) is 2.05. The molecule has 2 nitrogen and oxygen atoms in total. The minimum atomic E-state index is 0. The summed E-state index contributed by atoms with van der Waals surface area (Å²) in [6.45, 7) is 7.64. The van der Waals surface area contributed by atoms with Crippen molar-refractivity contribution in [3.63, 3.8) is 0 Å². The van der Waals surface area contributed by atoms with Crippen molar-refractivity contribution in [2.75, 3.05) is 0 Å². The molecule has 0 spiro atoms. The molecule has 0 aliphatic carbocycles. The molecular formula is C7H12N2. The van der Waals surface area contributed by atoms with E-state index in [1.54, 1.807) is 6.20 Å². The summed E-state index contributed by atoms with van der Waals surface area (Å²) in [6.07, 6.45) is 1.79. The molecule has 0 atom stereocenters. The number of aryl methyl sites for hydroxylation is 1. The van der Waals surface area contributed by atoms with Crippen LogP contribution in [0.4, 0.5) is 0 Å². The lowest BCUT2D eigenvalue weighted by Gasteiger charge is -1.88. The van der Waals surface area contributed by atoms with Crippen LogP contribution >= 0.6 is 0 Å². The molecule has 0 aliphatic rings. The Hall–Kier alpha value is -1.05. The Morgan fingerprint density at radius 2 is 2.56 bits per heavy atom. The maximum Gasteiger partial charge on any atom is 0.103 e. The van der Waals surface area contributed by atoms with Crippen molar-refractivity contribution in [2.24, 2.45) is 0 Å². The molecule has 0 saturated carbocycles. The van der Waals surface area contributed by atoms with Gasteiger partial charge in [-0.15, -0.1) is 0 Å². The van der Waals surface area contributed by atoms with E-state index < -0.39 is 0 Å². The van der Waals surface area contributed by atoms with Gasteiger partial charge < -0.3 is 4.98 Å². The number of hydrogen-bond acceptors (Lipinski definition) is 1. The fourth-order valence-corrected chi connectivity index (χ4v) is 0.638. The lowest BCUT2D eigenvalue weighted by atomic mass is 10.3. The van der Waals surface area contributed by atoms with Crippen LogP contribution in [0.2, 0.25) is 0 Å². The zero-order valence-electron chi connectivity index (χ0n) is 5.73. The quantitative estimate of drug-likeness (QED) is 0.609. The van der Waals surface area contributed by atoms with Crippen LogP contribution in [0.5, 0.6) is 0 Å². The van der Waals surface area contributed by atoms with Gasteiger partial charge in [-0.2, -0.15) is 0 Å². The first kappa shape index (κ1) is 6.08. The second-order valence-electron chi connectivity index (χ2n) is 2.16. The van der Waals surface area contributed by atoms with Gasteiger partial charge in [0.05, 0.1) is 11.9 Å². The molecule has 1 N–H and O–H groups in total. The summed E-state index contributed by atoms with van der Waals surface area (Å²) in [5, 5.41) is 0. The van der Waals surface area contributed by atoms with E-state index >= 15 is 0 Å². The predicted octanol–water partition coefficient (Wildman–Crippen LogP) is 2.00. The zero-order chi connectivity index (χ0) is 6.85. The monoisotopic (exact) mass is 124 g/mol. The summed E-state index contributed by atoms with van der Waals surface area (Å²) in [5.41, 5.74) is 2.04. The Morgan fingerprint density at radius 3 is 2.78 bits per heavy atom. The molecule has 1 rings (SSSR count). The van der Waals surface area contributed by atoms with E-state index in [-0.39, 0.29) is 1.43 Å². The molecule has 0 aromatic carbocycles. The topological polar surface area (TPSA) is 28.7 Å². The molecule has 1 aromatic heterocycles. The van der Waals surface area contributed by atoms with Crippen LogP contribution in [-0.4, -0.2) is 9.97 Å². The van der Waals surface area contributed by atoms with Crippen molar-refractivity contribution in [1.82, 2.24) is 9.97 Å². The summed E-state index contributed by atoms with van der Waals surface area (Å²) in [4.78, 5) is 7.09. The Morgan fingerprint density at radius 1 is 1.89 bits per heavy atom. The van der Waals surface area contributed by atoms with Gasteiger partial charge in [0.2, 0.25) is 0 Å². The molecular weight excluding hydrogens is 112 g/mol. The largest absolute Gasteiger partial charge is 0.343 e. The van der Waals surface area contributed by atoms with Crippen molar-refractivity contribution in [1.29, 1.82) is 0 Å². The van der Waals surface area contributed by atoms with Gasteiger partial charge in [0.25, 0.3) is 0 Å². The third kappa shape index (κ3) is 1.19. The first-order valence-electron chi connectivity index (χ1n) is 2.87. The van der Waals surface area contributed by atoms with E-state index in [1.165, 1.54) is 0 Å². The van der Waals surface area contributed by atoms with Gasteiger partial charge in [-0.25, -0.2) is 4.98 Å². The van der Waals surface area contributed by atoms with Gasteiger partial charge in [-0.1, -0.05) is 6.58 Å². The van der Waals surface area contributed by atoms with Crippen LogP contribution in [0.25, 0.3) is 5.57 Å². The first-order chi connectivity index (χ1) is 4.20. The average molecular weight is 124 g/mol. The number of imidazole rings is 1. The van der Waals surface area contributed by atoms with Crippen molar-refractivity contribution in [2.45, 2.75) is 13.8 Å². The highest BCUT2D eigenvalue weighted by atomic mass is 14.9. The van der Waals surface area contributed by atoms with Crippen LogP contribution < -0.4 is 0 Å². The number of nitrogens with zero attached hydrogens (tertiary/aromatic N) is 1. The van der Waals surface area contributed by atoms with Gasteiger partial charge in [-0.3, -0.25) is 0 Å². The van der Waals surface area contributed by atoms with E-state index in [1.807, 2.05) is 13.8 Å². The average Bonchev–Trinajstić information content (AvgIpc) is 2.14. The molecule has 1 heterocycles. The molecule has 0 fully saturated rings. The number of nitrogens with one attached hydrogen (secondary N) is 1. The number of rotatable bonds is 1. The van der Waals surface area contributed by atoms with Gasteiger partial charge >= 0.3 is 0 Å². The third-order valence-electron chi connectivity index (χ3n) is 1.16. The summed E-state index contributed by atoms with van der Waals surface area (Å²) in [6, 6.07) is 0. The number of allylic oxidation sites excluding steroid dienone is 1. The Labute approximate surface area is 56.1 Å². The normalized spacial score (nSPS) is 9.56. The molecule has 0 amide bonds. The van der Waals surface area contributed by atoms with Crippen molar-refractivity contribution in [3.8, 4) is 0 Å². The zero-order valence-corrected chi connectivity index (χ0v) is 5.73. The molecule has 0 aliphatic heterocycles. The van der Waals surface area contributed by atoms with E-state index in [2.05, 4.69) is 16.5 Å². The highest BCUT2D eigenvalue weighted by Crippen LogP contribution is 2.06. The van der Waals surface area contributed by atoms with E-state index in [9.17, 15) is 0 Å². The fourth-order valence-electron chi connectivity index (χ4n) is 0.638. The molecule has 0 unspecified atom stereocenters. The molecule has 0 radical (unpaired) electrons. The molecule has 0 saturated heterocycles. The van der Waals surface area contributed by atoms with Crippen molar-refractivity contribution >= 4 is 5.57 Å². The molecule has 0 bridgehead atoms. The maximum atomic E-state index is 4.02. The summed E-state index contributed by atoms with van der Waals surface area (Å²) in [7, 11) is 0. The lowest BCUT2D eigenvalue weighted by molar-refractivity contribution is 1.14. The Balaban J connectivity index is 0.000000810. The number of aromatic amines is 1. The van der Waals surface area contributed by atoms with Crippen molar-refractivity contribution in [3.05, 3.63) is 24.3 Å². The van der Waals surface area contributed by atoms with Gasteiger partial charge in [0.1, 0.15) is 5.82 Å². The van der Waals surface area contributed by atoms with E-state index in [4.69, 9.17) is 0 Å². The van der Waals surface area contributed by atoms with Gasteiger partial charge in [0.15, 0.2) is 0 Å². The summed E-state index contributed by atoms with van der Waals surface area (Å²) >= 11 is 0. The summed E-state index contributed by atoms with van der Waals surface area (Å²) in [5.74, 6) is 0.938. The predicted molar refractivity (Wildman–Crippen MR) is 40.1 cm³/mol. The number of H-pyrrole nitrogens is 1. The van der Waals surface area contributed by atoms with Crippen LogP contribution in [-0.2, 0) is 0 Å². The van der Waals surface area contributed by atoms with Gasteiger partial charge in [0, 0.05) is 1.43 Å². The van der Waals surface area contributed by atoms with Crippen LogP contribution in [0.1, 0.15) is 19.9 Å². The molecule has 2 heteroatoms. The number of hydrogen-bond donors (Lipinski definition) is 1. The highest BCUT2D eigenvalue weighted by Gasteiger charge is 1.93. The third-order valence-corrected chi connectivity index (χ3v) is 1.16. The van der Waals surface area contributed by atoms with Gasteiger partial charge in [-0.05, 0) is 19.4 Å². The smallest absolute Gasteiger partial charge is 0.103 e. The van der Waals surface area contributed by atoms with Crippen LogP contribution in [0.3, 0.4) is 0 Å². The van der Waals surface area contributed by atoms with E-state index in [0.29, 0.717) is 0 Å². The summed E-state index contributed by atoms with van der Waals surface area (Å²) < 4.78 is 0. The lowest BCUT2D eigenvalue weighted by Crippen LogP contribution is -1.75. The molecule has 1 aromatic rings. The fraction of sp³-hybridized carbons (Fsp3) is 0.286. The Kier molecular flexibility index (Phi) is 1.39. The first-order valence-corrected chi connectivity index (χ1v) is 2.87. The maximum absolute atomic E-state index is 4.02. The van der Waals surface area contributed by atoms with Crippen molar-refractivity contribution < 1.29 is 1.43 Å². The highest BCUT2D eigenvalue weighted by molar-refractivity contribution is 5.56. The minimum Gasteiger partial charge on any atom is -0.343 e. The van der Waals surface area contributed by atoms with Crippen LogP contribution in [0, 0.1) is 6.92 Å². The Bertz CT molecular complexity index is 227. The number of aromatic nitrogens is 2. The molecule has 9 heavy (non-hydrogen) atoms.